The van der Waals surface area contributed by atoms with Gasteiger partial charge in [-0.25, -0.2) is 4.98 Å². The van der Waals surface area contributed by atoms with Gasteiger partial charge in [-0.15, -0.1) is 10.2 Å². The molecule has 2 aromatic heterocycles. The monoisotopic (exact) mass is 318 g/mol. The summed E-state index contributed by atoms with van der Waals surface area (Å²) in [4.78, 5) is 13.9. The summed E-state index contributed by atoms with van der Waals surface area (Å²) in [6, 6.07) is 2.08. The molecule has 0 amide bonds. The van der Waals surface area contributed by atoms with E-state index in [1.807, 2.05) is 0 Å². The average Bonchev–Trinajstić information content (AvgIpc) is 2.76. The predicted octanol–water partition coefficient (Wildman–Crippen LogP) is 2.17. The molecule has 0 saturated heterocycles. The maximum absolute atomic E-state index is 12.5. The summed E-state index contributed by atoms with van der Waals surface area (Å²) >= 11 is 0.920. The van der Waals surface area contributed by atoms with Gasteiger partial charge in [0.2, 0.25) is 0 Å². The second kappa shape index (κ2) is 5.72. The molecule has 0 aliphatic carbocycles. The van der Waals surface area contributed by atoms with Crippen molar-refractivity contribution in [2.45, 2.75) is 18.3 Å². The molecule has 0 atom stereocenters. The summed E-state index contributed by atoms with van der Waals surface area (Å²) in [7, 11) is 0. The summed E-state index contributed by atoms with van der Waals surface area (Å²) in [5, 5.41) is 16.5. The Balaban J connectivity index is 2.33. The van der Waals surface area contributed by atoms with Gasteiger partial charge in [0.15, 0.2) is 5.16 Å². The molecule has 0 bridgehead atoms. The first-order valence-electron chi connectivity index (χ1n) is 5.59. The van der Waals surface area contributed by atoms with Gasteiger partial charge < -0.3 is 5.11 Å². The molecule has 0 fully saturated rings. The van der Waals surface area contributed by atoms with Gasteiger partial charge in [0.25, 0.3) is 0 Å². The third-order valence-corrected chi connectivity index (χ3v) is 3.33. The Morgan fingerprint density at radius 1 is 1.38 bits per heavy atom. The van der Waals surface area contributed by atoms with Gasteiger partial charge in [-0.05, 0) is 19.1 Å². The molecule has 2 rings (SSSR count). The lowest BCUT2D eigenvalue weighted by molar-refractivity contribution is -0.141. The van der Waals surface area contributed by atoms with Crippen LogP contribution in [0.5, 0.6) is 0 Å². The maximum atomic E-state index is 12.5. The first-order chi connectivity index (χ1) is 9.79. The molecule has 0 aliphatic heterocycles. The van der Waals surface area contributed by atoms with Gasteiger partial charge in [-0.3, -0.25) is 9.36 Å². The Morgan fingerprint density at radius 2 is 2.10 bits per heavy atom. The van der Waals surface area contributed by atoms with E-state index in [2.05, 4.69) is 15.2 Å². The van der Waals surface area contributed by atoms with E-state index in [0.29, 0.717) is 11.5 Å². The third kappa shape index (κ3) is 3.51. The Kier molecular flexibility index (Phi) is 4.16. The van der Waals surface area contributed by atoms with Gasteiger partial charge >= 0.3 is 12.1 Å². The van der Waals surface area contributed by atoms with Crippen molar-refractivity contribution in [3.8, 4) is 5.69 Å². The predicted molar refractivity (Wildman–Crippen MR) is 67.3 cm³/mol. The van der Waals surface area contributed by atoms with Gasteiger partial charge in [0.05, 0.1) is 17.6 Å². The molecule has 0 aliphatic rings. The van der Waals surface area contributed by atoms with Crippen LogP contribution in [-0.4, -0.2) is 36.6 Å². The number of aliphatic carboxylic acids is 1. The van der Waals surface area contributed by atoms with Gasteiger partial charge in [0, 0.05) is 0 Å². The topological polar surface area (TPSA) is 80.9 Å². The Hall–Kier alpha value is -2.10. The number of halogens is 3. The SMILES string of the molecule is Cc1nnc(SCC(=O)O)n1-c1ccc(C(F)(F)F)nc1. The molecule has 1 N–H and O–H groups in total. The second-order valence-electron chi connectivity index (χ2n) is 3.95. The van der Waals surface area contributed by atoms with Crippen LogP contribution in [0.1, 0.15) is 11.5 Å². The first kappa shape index (κ1) is 15.3. The zero-order valence-corrected chi connectivity index (χ0v) is 11.4. The fraction of sp³-hybridized carbons (Fsp3) is 0.273. The number of carbonyl (C=O) groups is 1. The number of rotatable bonds is 4. The largest absolute Gasteiger partial charge is 0.481 e. The van der Waals surface area contributed by atoms with Crippen LogP contribution in [0.2, 0.25) is 0 Å². The van der Waals surface area contributed by atoms with E-state index in [1.165, 1.54) is 10.6 Å². The molecule has 112 valence electrons. The van der Waals surface area contributed by atoms with E-state index in [0.717, 1.165) is 24.0 Å². The Bertz CT molecular complexity index is 654. The van der Waals surface area contributed by atoms with Crippen molar-refractivity contribution < 1.29 is 23.1 Å². The lowest BCUT2D eigenvalue weighted by Crippen LogP contribution is -2.09. The van der Waals surface area contributed by atoms with Crippen LogP contribution in [-0.2, 0) is 11.0 Å². The average molecular weight is 318 g/mol. The van der Waals surface area contributed by atoms with Crippen LogP contribution >= 0.6 is 11.8 Å². The molecule has 6 nitrogen and oxygen atoms in total. The lowest BCUT2D eigenvalue weighted by Gasteiger charge is -2.09. The Morgan fingerprint density at radius 3 is 2.62 bits per heavy atom. The van der Waals surface area contributed by atoms with E-state index in [-0.39, 0.29) is 10.9 Å². The molecular weight excluding hydrogens is 309 g/mol. The summed E-state index contributed by atoms with van der Waals surface area (Å²) in [5.41, 5.74) is -0.671. The number of carboxylic acids is 1. The normalized spacial score (nSPS) is 11.6. The summed E-state index contributed by atoms with van der Waals surface area (Å²) in [6.45, 7) is 1.61. The van der Waals surface area contributed by atoms with Crippen molar-refractivity contribution in [3.05, 3.63) is 29.8 Å². The van der Waals surface area contributed by atoms with Crippen LogP contribution < -0.4 is 0 Å². The number of pyridine rings is 1. The third-order valence-electron chi connectivity index (χ3n) is 2.42. The summed E-state index contributed by atoms with van der Waals surface area (Å²) < 4.78 is 38.8. The summed E-state index contributed by atoms with van der Waals surface area (Å²) in [6.07, 6.45) is -3.47. The number of hydrogen-bond donors (Lipinski definition) is 1. The van der Waals surface area contributed by atoms with E-state index in [4.69, 9.17) is 5.11 Å². The van der Waals surface area contributed by atoms with E-state index < -0.39 is 17.8 Å². The molecule has 2 aromatic rings. The molecule has 0 spiro atoms. The zero-order chi connectivity index (χ0) is 15.6. The van der Waals surface area contributed by atoms with Gasteiger partial charge in [-0.2, -0.15) is 13.2 Å². The van der Waals surface area contributed by atoms with Crippen LogP contribution in [0.15, 0.2) is 23.5 Å². The number of alkyl halides is 3. The van der Waals surface area contributed by atoms with Crippen LogP contribution in [0, 0.1) is 6.92 Å². The zero-order valence-electron chi connectivity index (χ0n) is 10.6. The van der Waals surface area contributed by atoms with Crippen molar-refractivity contribution in [1.82, 2.24) is 19.7 Å². The highest BCUT2D eigenvalue weighted by Gasteiger charge is 2.32. The maximum Gasteiger partial charge on any atom is 0.433 e. The minimum atomic E-state index is -4.51. The van der Waals surface area contributed by atoms with Crippen LogP contribution in [0.3, 0.4) is 0 Å². The van der Waals surface area contributed by atoms with Crippen LogP contribution in [0.25, 0.3) is 5.69 Å². The number of hydrogen-bond acceptors (Lipinski definition) is 5. The van der Waals surface area contributed by atoms with Crippen molar-refractivity contribution in [1.29, 1.82) is 0 Å². The lowest BCUT2D eigenvalue weighted by atomic mass is 10.3. The second-order valence-corrected chi connectivity index (χ2v) is 4.89. The van der Waals surface area contributed by atoms with E-state index in [9.17, 15) is 18.0 Å². The number of carboxylic acid groups (broad SMARTS) is 1. The van der Waals surface area contributed by atoms with Crippen molar-refractivity contribution in [2.24, 2.45) is 0 Å². The highest BCUT2D eigenvalue weighted by Crippen LogP contribution is 2.28. The van der Waals surface area contributed by atoms with Gasteiger partial charge in [0.1, 0.15) is 11.5 Å². The highest BCUT2D eigenvalue weighted by molar-refractivity contribution is 7.99. The molecule has 0 unspecified atom stereocenters. The molecule has 0 radical (unpaired) electrons. The number of aromatic nitrogens is 4. The number of nitrogens with zero attached hydrogens (tertiary/aromatic N) is 4. The van der Waals surface area contributed by atoms with Crippen molar-refractivity contribution >= 4 is 17.7 Å². The van der Waals surface area contributed by atoms with E-state index >= 15 is 0 Å². The molecule has 10 heteroatoms. The molecule has 21 heavy (non-hydrogen) atoms. The first-order valence-corrected chi connectivity index (χ1v) is 6.58. The van der Waals surface area contributed by atoms with Crippen molar-refractivity contribution in [2.75, 3.05) is 5.75 Å². The van der Waals surface area contributed by atoms with E-state index in [1.54, 1.807) is 6.92 Å². The molecule has 2 heterocycles. The molecular formula is C11H9F3N4O2S. The van der Waals surface area contributed by atoms with Gasteiger partial charge in [-0.1, -0.05) is 11.8 Å². The van der Waals surface area contributed by atoms with Crippen molar-refractivity contribution in [3.63, 3.8) is 0 Å². The number of thioether (sulfide) groups is 1. The molecule has 0 aromatic carbocycles. The minimum Gasteiger partial charge on any atom is -0.481 e. The highest BCUT2D eigenvalue weighted by atomic mass is 32.2. The minimum absolute atomic E-state index is 0.230. The number of aryl methyl sites for hydroxylation is 1. The van der Waals surface area contributed by atoms with Crippen LogP contribution in [0.4, 0.5) is 13.2 Å². The summed E-state index contributed by atoms with van der Waals surface area (Å²) in [5.74, 6) is -0.839. The fourth-order valence-corrected chi connectivity index (χ4v) is 2.26. The Labute approximate surface area is 121 Å². The smallest absolute Gasteiger partial charge is 0.433 e. The standard InChI is InChI=1S/C11H9F3N4O2S/c1-6-16-17-10(21-5-9(19)20)18(6)7-2-3-8(15-4-7)11(12,13)14/h2-4H,5H2,1H3,(H,19,20). The quantitative estimate of drug-likeness (QED) is 0.870. The fourth-order valence-electron chi connectivity index (χ4n) is 1.55. The molecule has 0 saturated carbocycles.